The van der Waals surface area contributed by atoms with Gasteiger partial charge < -0.3 is 20.3 Å². The number of benzene rings is 1. The van der Waals surface area contributed by atoms with Gasteiger partial charge in [-0.25, -0.2) is 4.79 Å². The van der Waals surface area contributed by atoms with Crippen LogP contribution in [0.3, 0.4) is 0 Å². The molecule has 7 heteroatoms. The van der Waals surface area contributed by atoms with Gasteiger partial charge in [0.15, 0.2) is 0 Å². The van der Waals surface area contributed by atoms with E-state index in [4.69, 9.17) is 16.7 Å². The summed E-state index contributed by atoms with van der Waals surface area (Å²) in [6.07, 6.45) is 0. The average Bonchev–Trinajstić information content (AvgIpc) is 2.14. The SMILES string of the molecule is O=C([O-])CNc1cc(Cl)ccc1C(=O)O.[Na+]. The van der Waals surface area contributed by atoms with Gasteiger partial charge in [-0.2, -0.15) is 0 Å². The fourth-order valence-corrected chi connectivity index (χ4v) is 1.19. The molecule has 0 unspecified atom stereocenters. The van der Waals surface area contributed by atoms with Gasteiger partial charge in [-0.05, 0) is 18.2 Å². The van der Waals surface area contributed by atoms with Gasteiger partial charge in [0.1, 0.15) is 0 Å². The number of aliphatic carboxylic acids is 1. The smallest absolute Gasteiger partial charge is 0.548 e. The number of carboxylic acids is 2. The number of carbonyl (C=O) groups is 2. The van der Waals surface area contributed by atoms with E-state index in [9.17, 15) is 14.7 Å². The van der Waals surface area contributed by atoms with Gasteiger partial charge in [0.25, 0.3) is 0 Å². The molecular formula is C9H7ClNNaO4. The van der Waals surface area contributed by atoms with Crippen molar-refractivity contribution in [1.82, 2.24) is 0 Å². The fourth-order valence-electron chi connectivity index (χ4n) is 1.02. The van der Waals surface area contributed by atoms with Crippen LogP contribution in [0, 0.1) is 0 Å². The Morgan fingerprint density at radius 2 is 2.06 bits per heavy atom. The summed E-state index contributed by atoms with van der Waals surface area (Å²) >= 11 is 5.64. The average molecular weight is 252 g/mol. The monoisotopic (exact) mass is 251 g/mol. The van der Waals surface area contributed by atoms with Crippen LogP contribution in [0.1, 0.15) is 10.4 Å². The number of carboxylic acid groups (broad SMARTS) is 2. The molecule has 16 heavy (non-hydrogen) atoms. The summed E-state index contributed by atoms with van der Waals surface area (Å²) in [7, 11) is 0. The van der Waals surface area contributed by atoms with Crippen molar-refractivity contribution in [3.05, 3.63) is 28.8 Å². The van der Waals surface area contributed by atoms with E-state index in [0.717, 1.165) is 0 Å². The Balaban J connectivity index is 0.00000225. The first kappa shape index (κ1) is 15.2. The maximum absolute atomic E-state index is 10.7. The molecule has 0 aliphatic carbocycles. The van der Waals surface area contributed by atoms with Crippen LogP contribution in [0.15, 0.2) is 18.2 Å². The number of hydrogen-bond acceptors (Lipinski definition) is 4. The molecule has 0 fully saturated rings. The van der Waals surface area contributed by atoms with Crippen LogP contribution in [0.2, 0.25) is 5.02 Å². The first-order valence-electron chi connectivity index (χ1n) is 3.97. The third-order valence-corrected chi connectivity index (χ3v) is 1.87. The van der Waals surface area contributed by atoms with Gasteiger partial charge in [-0.1, -0.05) is 11.6 Å². The molecule has 0 aromatic heterocycles. The zero-order valence-electron chi connectivity index (χ0n) is 8.49. The van der Waals surface area contributed by atoms with Crippen LogP contribution in [0.25, 0.3) is 0 Å². The summed E-state index contributed by atoms with van der Waals surface area (Å²) in [5.74, 6) is -2.49. The van der Waals surface area contributed by atoms with Gasteiger partial charge in [0.05, 0.1) is 23.8 Å². The summed E-state index contributed by atoms with van der Waals surface area (Å²) in [4.78, 5) is 20.9. The molecule has 2 N–H and O–H groups in total. The Kier molecular flexibility index (Phi) is 6.43. The molecule has 80 valence electrons. The normalized spacial score (nSPS) is 9.06. The zero-order chi connectivity index (χ0) is 11.4. The summed E-state index contributed by atoms with van der Waals surface area (Å²) in [6.45, 7) is -0.472. The molecule has 0 saturated heterocycles. The molecule has 0 aliphatic rings. The molecule has 0 amide bonds. The van der Waals surface area contributed by atoms with Crippen LogP contribution in [-0.4, -0.2) is 23.6 Å². The molecule has 1 aromatic rings. The number of hydrogen-bond donors (Lipinski definition) is 2. The maximum Gasteiger partial charge on any atom is 1.00 e. The second-order valence-electron chi connectivity index (χ2n) is 2.72. The van der Waals surface area contributed by atoms with E-state index >= 15 is 0 Å². The molecule has 1 rings (SSSR count). The molecule has 0 bridgehead atoms. The van der Waals surface area contributed by atoms with Crippen molar-refractivity contribution in [2.24, 2.45) is 0 Å². The number of carbonyl (C=O) groups excluding carboxylic acids is 1. The van der Waals surface area contributed by atoms with E-state index < -0.39 is 18.5 Å². The van der Waals surface area contributed by atoms with Gasteiger partial charge in [0, 0.05) is 5.02 Å². The largest absolute Gasteiger partial charge is 1.00 e. The first-order valence-corrected chi connectivity index (χ1v) is 4.35. The van der Waals surface area contributed by atoms with Crippen LogP contribution >= 0.6 is 11.6 Å². The summed E-state index contributed by atoms with van der Waals surface area (Å²) in [5, 5.41) is 21.7. The summed E-state index contributed by atoms with van der Waals surface area (Å²) < 4.78 is 0. The number of anilines is 1. The van der Waals surface area contributed by atoms with Gasteiger partial charge in [-0.15, -0.1) is 0 Å². The van der Waals surface area contributed by atoms with Crippen LogP contribution < -0.4 is 40.0 Å². The third kappa shape index (κ3) is 4.40. The third-order valence-electron chi connectivity index (χ3n) is 1.64. The predicted molar refractivity (Wildman–Crippen MR) is 51.9 cm³/mol. The molecular weight excluding hydrogens is 245 g/mol. The van der Waals surface area contributed by atoms with Gasteiger partial charge in [-0.3, -0.25) is 0 Å². The molecule has 0 heterocycles. The second-order valence-corrected chi connectivity index (χ2v) is 3.16. The Labute approximate surface area is 119 Å². The molecule has 5 nitrogen and oxygen atoms in total. The number of aromatic carboxylic acids is 1. The van der Waals surface area contributed by atoms with Crippen LogP contribution in [-0.2, 0) is 4.79 Å². The van der Waals surface area contributed by atoms with Crippen molar-refractivity contribution in [1.29, 1.82) is 0 Å². The minimum Gasteiger partial charge on any atom is -0.548 e. The Hall–Kier alpha value is -0.750. The van der Waals surface area contributed by atoms with E-state index in [1.54, 1.807) is 0 Å². The topological polar surface area (TPSA) is 89.5 Å². The molecule has 0 radical (unpaired) electrons. The van der Waals surface area contributed by atoms with Gasteiger partial charge >= 0.3 is 35.5 Å². The molecule has 0 atom stereocenters. The minimum absolute atomic E-state index is 0. The number of halogens is 1. The molecule has 0 spiro atoms. The van der Waals surface area contributed by atoms with E-state index in [1.165, 1.54) is 18.2 Å². The molecule has 0 aliphatic heterocycles. The predicted octanol–water partition coefficient (Wildman–Crippen LogP) is -2.80. The number of nitrogens with one attached hydrogen (secondary N) is 1. The second kappa shape index (κ2) is 6.75. The van der Waals surface area contributed by atoms with Crippen molar-refractivity contribution in [2.75, 3.05) is 11.9 Å². The molecule has 1 aromatic carbocycles. The summed E-state index contributed by atoms with van der Waals surface area (Å²) in [6, 6.07) is 4.05. The minimum atomic E-state index is -1.33. The Bertz CT molecular complexity index is 410. The molecule has 0 saturated carbocycles. The summed E-state index contributed by atoms with van der Waals surface area (Å²) in [5.41, 5.74) is 0.111. The van der Waals surface area contributed by atoms with Crippen molar-refractivity contribution in [3.8, 4) is 0 Å². The van der Waals surface area contributed by atoms with Crippen molar-refractivity contribution in [2.45, 2.75) is 0 Å². The standard InChI is InChI=1S/C9H8ClNO4.Na/c10-5-1-2-6(9(14)15)7(3-5)11-4-8(12)13;/h1-3,11H,4H2,(H,12,13)(H,14,15);/q;+1/p-1. The van der Waals surface area contributed by atoms with Crippen molar-refractivity contribution in [3.63, 3.8) is 0 Å². The zero-order valence-corrected chi connectivity index (χ0v) is 11.2. The quantitative estimate of drug-likeness (QED) is 0.565. The first-order chi connectivity index (χ1) is 7.00. The van der Waals surface area contributed by atoms with E-state index in [-0.39, 0.29) is 40.8 Å². The number of rotatable bonds is 4. The maximum atomic E-state index is 10.7. The van der Waals surface area contributed by atoms with Crippen LogP contribution in [0.5, 0.6) is 0 Å². The van der Waals surface area contributed by atoms with Crippen LogP contribution in [0.4, 0.5) is 5.69 Å². The van der Waals surface area contributed by atoms with Gasteiger partial charge in [0.2, 0.25) is 0 Å². The van der Waals surface area contributed by atoms with Crippen molar-refractivity contribution < 1.29 is 49.4 Å². The van der Waals surface area contributed by atoms with E-state index in [0.29, 0.717) is 5.02 Å². The Morgan fingerprint density at radius 3 is 2.56 bits per heavy atom. The fraction of sp³-hybridized carbons (Fsp3) is 0.111. The van der Waals surface area contributed by atoms with E-state index in [1.807, 2.05) is 0 Å². The Morgan fingerprint density at radius 1 is 1.44 bits per heavy atom. The van der Waals surface area contributed by atoms with Crippen molar-refractivity contribution >= 4 is 29.2 Å². The van der Waals surface area contributed by atoms with E-state index in [2.05, 4.69) is 5.32 Å².